The van der Waals surface area contributed by atoms with Crippen molar-refractivity contribution >= 4 is 0 Å². The van der Waals surface area contributed by atoms with Gasteiger partial charge in [0.15, 0.2) is 0 Å². The molecule has 1 aromatic heterocycles. The zero-order chi connectivity index (χ0) is 12.3. The highest BCUT2D eigenvalue weighted by atomic mass is 19.1. The lowest BCUT2D eigenvalue weighted by Gasteiger charge is -2.09. The van der Waals surface area contributed by atoms with E-state index in [4.69, 9.17) is 4.74 Å². The number of halogens is 1. The van der Waals surface area contributed by atoms with E-state index in [2.05, 4.69) is 9.97 Å². The molecule has 0 aliphatic carbocycles. The number of ether oxygens (including phenoxy) is 1. The minimum atomic E-state index is -0.424. The van der Waals surface area contributed by atoms with Gasteiger partial charge in [0.1, 0.15) is 11.6 Å². The third kappa shape index (κ3) is 2.33. The number of rotatable bonds is 3. The predicted molar refractivity (Wildman–Crippen MR) is 61.4 cm³/mol. The van der Waals surface area contributed by atoms with E-state index < -0.39 is 5.82 Å². The number of benzene rings is 1. The summed E-state index contributed by atoms with van der Waals surface area (Å²) in [4.78, 5) is 17.9. The minimum absolute atomic E-state index is 0.287. The Hall–Kier alpha value is -2.17. The average molecular weight is 234 g/mol. The number of nitrogens with one attached hydrogen (secondary N) is 1. The highest BCUT2D eigenvalue weighted by Gasteiger charge is 2.11. The molecule has 0 spiro atoms. The SMILES string of the molecule is CCOc1ccc(F)cc1-c1cnc[nH]c1=O. The van der Waals surface area contributed by atoms with E-state index in [9.17, 15) is 9.18 Å². The summed E-state index contributed by atoms with van der Waals surface area (Å²) < 4.78 is 18.6. The summed E-state index contributed by atoms with van der Waals surface area (Å²) in [5, 5.41) is 0. The molecule has 1 N–H and O–H groups in total. The monoisotopic (exact) mass is 234 g/mol. The fourth-order valence-corrected chi connectivity index (χ4v) is 1.53. The summed E-state index contributed by atoms with van der Waals surface area (Å²) in [7, 11) is 0. The van der Waals surface area contributed by atoms with E-state index in [-0.39, 0.29) is 11.1 Å². The van der Waals surface area contributed by atoms with Crippen LogP contribution in [0.25, 0.3) is 11.1 Å². The summed E-state index contributed by atoms with van der Waals surface area (Å²) in [6, 6.07) is 4.05. The van der Waals surface area contributed by atoms with Crippen molar-refractivity contribution in [2.24, 2.45) is 0 Å². The zero-order valence-corrected chi connectivity index (χ0v) is 9.24. The van der Waals surface area contributed by atoms with Crippen LogP contribution < -0.4 is 10.3 Å². The van der Waals surface area contributed by atoms with Crippen molar-refractivity contribution in [3.63, 3.8) is 0 Å². The fourth-order valence-electron chi connectivity index (χ4n) is 1.53. The lowest BCUT2D eigenvalue weighted by atomic mass is 10.1. The van der Waals surface area contributed by atoms with E-state index in [1.165, 1.54) is 30.7 Å². The molecule has 0 aliphatic heterocycles. The normalized spacial score (nSPS) is 10.2. The van der Waals surface area contributed by atoms with Gasteiger partial charge in [0, 0.05) is 11.8 Å². The van der Waals surface area contributed by atoms with E-state index in [1.54, 1.807) is 0 Å². The maximum absolute atomic E-state index is 13.2. The van der Waals surface area contributed by atoms with Crippen LogP contribution in [-0.2, 0) is 0 Å². The van der Waals surface area contributed by atoms with Crippen molar-refractivity contribution in [2.75, 3.05) is 6.61 Å². The number of hydrogen-bond donors (Lipinski definition) is 1. The van der Waals surface area contributed by atoms with Crippen molar-refractivity contribution in [2.45, 2.75) is 6.92 Å². The number of H-pyrrole nitrogens is 1. The third-order valence-corrected chi connectivity index (χ3v) is 2.25. The van der Waals surface area contributed by atoms with Crippen LogP contribution in [0.3, 0.4) is 0 Å². The van der Waals surface area contributed by atoms with E-state index in [0.717, 1.165) is 0 Å². The molecule has 2 rings (SSSR count). The van der Waals surface area contributed by atoms with E-state index in [1.807, 2.05) is 6.92 Å². The maximum atomic E-state index is 13.2. The van der Waals surface area contributed by atoms with Gasteiger partial charge in [-0.2, -0.15) is 0 Å². The predicted octanol–water partition coefficient (Wildman–Crippen LogP) is 1.97. The lowest BCUT2D eigenvalue weighted by Crippen LogP contribution is -2.09. The maximum Gasteiger partial charge on any atom is 0.258 e. The highest BCUT2D eigenvalue weighted by Crippen LogP contribution is 2.28. The average Bonchev–Trinajstić information content (AvgIpc) is 2.32. The topological polar surface area (TPSA) is 55.0 Å². The fraction of sp³-hybridized carbons (Fsp3) is 0.167. The summed E-state index contributed by atoms with van der Waals surface area (Å²) in [6.45, 7) is 2.26. The van der Waals surface area contributed by atoms with Crippen molar-refractivity contribution < 1.29 is 9.13 Å². The molecule has 0 fully saturated rings. The Morgan fingerprint density at radius 1 is 1.41 bits per heavy atom. The summed E-state index contributed by atoms with van der Waals surface area (Å²) in [5.74, 6) is 0.0408. The molecule has 0 bridgehead atoms. The quantitative estimate of drug-likeness (QED) is 0.883. The molecule has 88 valence electrons. The van der Waals surface area contributed by atoms with Crippen molar-refractivity contribution in [1.82, 2.24) is 9.97 Å². The first-order chi connectivity index (χ1) is 8.22. The molecule has 1 heterocycles. The molecule has 0 saturated carbocycles. The second kappa shape index (κ2) is 4.78. The van der Waals surface area contributed by atoms with Gasteiger partial charge in [-0.3, -0.25) is 4.79 Å². The Balaban J connectivity index is 2.61. The van der Waals surface area contributed by atoms with Crippen LogP contribution in [-0.4, -0.2) is 16.6 Å². The first-order valence-corrected chi connectivity index (χ1v) is 5.17. The molecule has 5 heteroatoms. The van der Waals surface area contributed by atoms with Crippen LogP contribution in [0.15, 0.2) is 35.5 Å². The molecule has 1 aromatic carbocycles. The Bertz CT molecular complexity index is 581. The first-order valence-electron chi connectivity index (χ1n) is 5.17. The van der Waals surface area contributed by atoms with E-state index >= 15 is 0 Å². The molecular weight excluding hydrogens is 223 g/mol. The summed E-state index contributed by atoms with van der Waals surface area (Å²) in [5.41, 5.74) is 0.364. The van der Waals surface area contributed by atoms with Crippen molar-refractivity contribution in [3.8, 4) is 16.9 Å². The second-order valence-corrected chi connectivity index (χ2v) is 3.37. The van der Waals surface area contributed by atoms with Crippen LogP contribution in [0.4, 0.5) is 4.39 Å². The minimum Gasteiger partial charge on any atom is -0.493 e. The van der Waals surface area contributed by atoms with Gasteiger partial charge < -0.3 is 9.72 Å². The van der Waals surface area contributed by atoms with Crippen molar-refractivity contribution in [3.05, 3.63) is 46.9 Å². The van der Waals surface area contributed by atoms with Gasteiger partial charge in [0.2, 0.25) is 0 Å². The Kier molecular flexibility index (Phi) is 3.18. The van der Waals surface area contributed by atoms with Gasteiger partial charge in [-0.1, -0.05) is 0 Å². The largest absolute Gasteiger partial charge is 0.493 e. The molecule has 0 unspecified atom stereocenters. The number of hydrogen-bond acceptors (Lipinski definition) is 3. The van der Waals surface area contributed by atoms with E-state index in [0.29, 0.717) is 17.9 Å². The third-order valence-electron chi connectivity index (χ3n) is 2.25. The summed E-state index contributed by atoms with van der Waals surface area (Å²) >= 11 is 0. The molecule has 0 radical (unpaired) electrons. The van der Waals surface area contributed by atoms with Gasteiger partial charge in [0.05, 0.1) is 18.5 Å². The van der Waals surface area contributed by atoms with Crippen LogP contribution in [0.1, 0.15) is 6.92 Å². The van der Waals surface area contributed by atoms with Crippen LogP contribution in [0.2, 0.25) is 0 Å². The zero-order valence-electron chi connectivity index (χ0n) is 9.24. The lowest BCUT2D eigenvalue weighted by molar-refractivity contribution is 0.341. The van der Waals surface area contributed by atoms with Gasteiger partial charge in [-0.25, -0.2) is 9.37 Å². The molecular formula is C12H11FN2O2. The smallest absolute Gasteiger partial charge is 0.258 e. The van der Waals surface area contributed by atoms with Gasteiger partial charge in [-0.15, -0.1) is 0 Å². The number of nitrogens with zero attached hydrogens (tertiary/aromatic N) is 1. The van der Waals surface area contributed by atoms with Crippen LogP contribution in [0.5, 0.6) is 5.75 Å². The number of aromatic nitrogens is 2. The van der Waals surface area contributed by atoms with Crippen LogP contribution in [0, 0.1) is 5.82 Å². The standard InChI is InChI=1S/C12H11FN2O2/c1-2-17-11-4-3-8(13)5-9(11)10-6-14-7-15-12(10)16/h3-7H,2H2,1H3,(H,14,15,16). The Morgan fingerprint density at radius 2 is 2.24 bits per heavy atom. The molecule has 0 amide bonds. The van der Waals surface area contributed by atoms with Gasteiger partial charge in [-0.05, 0) is 25.1 Å². The Labute approximate surface area is 97.1 Å². The summed E-state index contributed by atoms with van der Waals surface area (Å²) in [6.07, 6.45) is 2.67. The van der Waals surface area contributed by atoms with Gasteiger partial charge in [0.25, 0.3) is 5.56 Å². The van der Waals surface area contributed by atoms with Crippen molar-refractivity contribution in [1.29, 1.82) is 0 Å². The Morgan fingerprint density at radius 3 is 2.94 bits per heavy atom. The molecule has 0 aliphatic rings. The molecule has 17 heavy (non-hydrogen) atoms. The highest BCUT2D eigenvalue weighted by molar-refractivity contribution is 5.68. The van der Waals surface area contributed by atoms with Crippen LogP contribution >= 0.6 is 0 Å². The first kappa shape index (κ1) is 11.3. The number of aromatic amines is 1. The molecule has 0 saturated heterocycles. The molecule has 2 aromatic rings. The van der Waals surface area contributed by atoms with Gasteiger partial charge >= 0.3 is 0 Å². The molecule has 0 atom stereocenters. The molecule has 4 nitrogen and oxygen atoms in total. The second-order valence-electron chi connectivity index (χ2n) is 3.37.